The van der Waals surface area contributed by atoms with E-state index in [1.165, 1.54) is 12.8 Å². The zero-order valence-electron chi connectivity index (χ0n) is 13.0. The number of rotatable bonds is 9. The van der Waals surface area contributed by atoms with Crippen LogP contribution < -0.4 is 10.1 Å². The number of para-hydroxylation sites is 1. The summed E-state index contributed by atoms with van der Waals surface area (Å²) in [6.45, 7) is 4.30. The lowest BCUT2D eigenvalue weighted by Crippen LogP contribution is -2.49. The zero-order valence-corrected chi connectivity index (χ0v) is 13.0. The van der Waals surface area contributed by atoms with Crippen molar-refractivity contribution in [2.75, 3.05) is 13.2 Å². The Morgan fingerprint density at radius 3 is 2.67 bits per heavy atom. The molecular formula is C17H27NO3. The molecule has 1 aliphatic rings. The number of aliphatic hydroxyl groups excluding tert-OH is 2. The van der Waals surface area contributed by atoms with Crippen molar-refractivity contribution in [2.24, 2.45) is 0 Å². The van der Waals surface area contributed by atoms with E-state index in [9.17, 15) is 5.11 Å². The van der Waals surface area contributed by atoms with E-state index < -0.39 is 0 Å². The Bertz CT molecular complexity index is 447. The van der Waals surface area contributed by atoms with E-state index in [1.807, 2.05) is 38.1 Å². The second-order valence-electron chi connectivity index (χ2n) is 6.35. The standard InChI is InChI=1S/C17H27NO3/c1-13(11-17(2,12-20)18-15-7-8-15)21-16-6-4-3-5-14(16)9-10-19/h3-6,13,15,18-20H,7-12H2,1-2H3. The van der Waals surface area contributed by atoms with Crippen LogP contribution in [0, 0.1) is 0 Å². The Morgan fingerprint density at radius 1 is 1.33 bits per heavy atom. The van der Waals surface area contributed by atoms with Gasteiger partial charge in [-0.25, -0.2) is 0 Å². The average Bonchev–Trinajstić information content (AvgIpc) is 3.25. The molecule has 1 saturated carbocycles. The van der Waals surface area contributed by atoms with Gasteiger partial charge in [-0.2, -0.15) is 0 Å². The van der Waals surface area contributed by atoms with Gasteiger partial charge >= 0.3 is 0 Å². The first kappa shape index (κ1) is 16.3. The summed E-state index contributed by atoms with van der Waals surface area (Å²) in [6, 6.07) is 8.36. The molecule has 0 radical (unpaired) electrons. The van der Waals surface area contributed by atoms with Crippen LogP contribution >= 0.6 is 0 Å². The molecule has 0 heterocycles. The lowest BCUT2D eigenvalue weighted by atomic mass is 9.95. The van der Waals surface area contributed by atoms with E-state index in [0.717, 1.165) is 17.7 Å². The number of hydrogen-bond acceptors (Lipinski definition) is 4. The number of nitrogens with one attached hydrogen (secondary N) is 1. The van der Waals surface area contributed by atoms with Gasteiger partial charge in [0.1, 0.15) is 5.75 Å². The Balaban J connectivity index is 1.95. The van der Waals surface area contributed by atoms with Gasteiger partial charge in [0.15, 0.2) is 0 Å². The minimum absolute atomic E-state index is 0.00626. The molecule has 0 aliphatic heterocycles. The van der Waals surface area contributed by atoms with Crippen molar-refractivity contribution in [3.63, 3.8) is 0 Å². The van der Waals surface area contributed by atoms with Crippen LogP contribution in [0.1, 0.15) is 38.7 Å². The van der Waals surface area contributed by atoms with E-state index in [1.54, 1.807) is 0 Å². The third kappa shape index (κ3) is 4.99. The van der Waals surface area contributed by atoms with Crippen molar-refractivity contribution in [1.82, 2.24) is 5.32 Å². The van der Waals surface area contributed by atoms with Crippen LogP contribution in [0.3, 0.4) is 0 Å². The molecule has 4 heteroatoms. The summed E-state index contributed by atoms with van der Waals surface area (Å²) in [7, 11) is 0. The molecule has 2 rings (SSSR count). The van der Waals surface area contributed by atoms with Gasteiger partial charge in [0.05, 0.1) is 12.7 Å². The minimum Gasteiger partial charge on any atom is -0.490 e. The fourth-order valence-corrected chi connectivity index (χ4v) is 2.73. The molecule has 0 spiro atoms. The predicted molar refractivity (Wildman–Crippen MR) is 83.6 cm³/mol. The maximum atomic E-state index is 9.66. The fourth-order valence-electron chi connectivity index (χ4n) is 2.73. The van der Waals surface area contributed by atoms with Gasteiger partial charge < -0.3 is 20.3 Å². The number of aliphatic hydroxyl groups is 2. The molecule has 0 amide bonds. The van der Waals surface area contributed by atoms with Crippen molar-refractivity contribution in [3.05, 3.63) is 29.8 Å². The third-order valence-electron chi connectivity index (χ3n) is 3.90. The number of ether oxygens (including phenoxy) is 1. The maximum Gasteiger partial charge on any atom is 0.122 e. The predicted octanol–water partition coefficient (Wildman–Crippen LogP) is 1.88. The van der Waals surface area contributed by atoms with E-state index in [-0.39, 0.29) is 24.9 Å². The first-order valence-electron chi connectivity index (χ1n) is 7.80. The SMILES string of the molecule is CC(CC(C)(CO)NC1CC1)Oc1ccccc1CCO. The van der Waals surface area contributed by atoms with Crippen LogP contribution in [0.5, 0.6) is 5.75 Å². The molecule has 4 nitrogen and oxygen atoms in total. The van der Waals surface area contributed by atoms with Crippen LogP contribution in [-0.2, 0) is 6.42 Å². The van der Waals surface area contributed by atoms with Crippen LogP contribution in [0.2, 0.25) is 0 Å². The van der Waals surface area contributed by atoms with Crippen molar-refractivity contribution in [2.45, 2.75) is 57.2 Å². The minimum atomic E-state index is -0.299. The van der Waals surface area contributed by atoms with Gasteiger partial charge in [-0.3, -0.25) is 0 Å². The van der Waals surface area contributed by atoms with Gasteiger partial charge in [-0.1, -0.05) is 18.2 Å². The highest BCUT2D eigenvalue weighted by Crippen LogP contribution is 2.26. The van der Waals surface area contributed by atoms with Crippen molar-refractivity contribution >= 4 is 0 Å². The fraction of sp³-hybridized carbons (Fsp3) is 0.647. The summed E-state index contributed by atoms with van der Waals surface area (Å²) in [6.07, 6.45) is 3.73. The Kier molecular flexibility index (Phi) is 5.62. The molecule has 1 aromatic carbocycles. The molecule has 0 aromatic heterocycles. The molecule has 3 N–H and O–H groups in total. The normalized spacial score (nSPS) is 19.0. The highest BCUT2D eigenvalue weighted by Gasteiger charge is 2.33. The lowest BCUT2D eigenvalue weighted by Gasteiger charge is -2.32. The molecule has 1 fully saturated rings. The first-order chi connectivity index (χ1) is 10.1. The smallest absolute Gasteiger partial charge is 0.122 e. The highest BCUT2D eigenvalue weighted by atomic mass is 16.5. The van der Waals surface area contributed by atoms with Gasteiger partial charge in [0.2, 0.25) is 0 Å². The van der Waals surface area contributed by atoms with Gasteiger partial charge in [-0.15, -0.1) is 0 Å². The number of benzene rings is 1. The lowest BCUT2D eigenvalue weighted by molar-refractivity contribution is 0.108. The van der Waals surface area contributed by atoms with Crippen molar-refractivity contribution < 1.29 is 14.9 Å². The molecule has 118 valence electrons. The average molecular weight is 293 g/mol. The Labute approximate surface area is 127 Å². The quantitative estimate of drug-likeness (QED) is 0.650. The van der Waals surface area contributed by atoms with Crippen molar-refractivity contribution in [1.29, 1.82) is 0 Å². The molecule has 21 heavy (non-hydrogen) atoms. The first-order valence-corrected chi connectivity index (χ1v) is 7.80. The Hall–Kier alpha value is -1.10. The molecule has 0 bridgehead atoms. The summed E-state index contributed by atoms with van der Waals surface area (Å²) < 4.78 is 6.04. The molecule has 0 saturated heterocycles. The second-order valence-corrected chi connectivity index (χ2v) is 6.35. The second kappa shape index (κ2) is 7.25. The molecule has 1 aromatic rings. The topological polar surface area (TPSA) is 61.7 Å². The summed E-state index contributed by atoms with van der Waals surface area (Å²) in [5.41, 5.74) is 0.722. The summed E-state index contributed by atoms with van der Waals surface area (Å²) >= 11 is 0. The van der Waals surface area contributed by atoms with E-state index in [0.29, 0.717) is 12.5 Å². The van der Waals surface area contributed by atoms with Crippen LogP contribution in [-0.4, -0.2) is 41.1 Å². The third-order valence-corrected chi connectivity index (χ3v) is 3.90. The van der Waals surface area contributed by atoms with Gasteiger partial charge in [-0.05, 0) is 44.7 Å². The summed E-state index contributed by atoms with van der Waals surface area (Å²) in [5, 5.41) is 22.3. The van der Waals surface area contributed by atoms with Crippen LogP contribution in [0.25, 0.3) is 0 Å². The monoisotopic (exact) mass is 293 g/mol. The van der Waals surface area contributed by atoms with Gasteiger partial charge in [0.25, 0.3) is 0 Å². The zero-order chi connectivity index (χ0) is 15.3. The molecule has 2 atom stereocenters. The molecule has 2 unspecified atom stereocenters. The van der Waals surface area contributed by atoms with Crippen LogP contribution in [0.4, 0.5) is 0 Å². The van der Waals surface area contributed by atoms with Crippen molar-refractivity contribution in [3.8, 4) is 5.75 Å². The van der Waals surface area contributed by atoms with Gasteiger partial charge in [0, 0.05) is 24.6 Å². The summed E-state index contributed by atoms with van der Waals surface area (Å²) in [5.74, 6) is 0.825. The largest absolute Gasteiger partial charge is 0.490 e. The van der Waals surface area contributed by atoms with E-state index in [2.05, 4.69) is 5.32 Å². The summed E-state index contributed by atoms with van der Waals surface area (Å²) in [4.78, 5) is 0. The van der Waals surface area contributed by atoms with E-state index >= 15 is 0 Å². The van der Waals surface area contributed by atoms with Crippen LogP contribution in [0.15, 0.2) is 24.3 Å². The maximum absolute atomic E-state index is 9.66. The molecular weight excluding hydrogens is 266 g/mol. The van der Waals surface area contributed by atoms with E-state index in [4.69, 9.17) is 9.84 Å². The highest BCUT2D eigenvalue weighted by molar-refractivity contribution is 5.33. The Morgan fingerprint density at radius 2 is 2.05 bits per heavy atom. The molecule has 1 aliphatic carbocycles. The number of hydrogen-bond donors (Lipinski definition) is 3.